The minimum absolute atomic E-state index is 0.461. The number of nitrogens with zero attached hydrogens (tertiary/aromatic N) is 1. The summed E-state index contributed by atoms with van der Waals surface area (Å²) in [7, 11) is 4.02. The van der Waals surface area contributed by atoms with Gasteiger partial charge in [-0.05, 0) is 50.7 Å². The minimum atomic E-state index is 0.461. The molecule has 0 fully saturated rings. The summed E-state index contributed by atoms with van der Waals surface area (Å²) in [5.41, 5.74) is 6.57. The molecule has 4 N–H and O–H groups in total. The lowest BCUT2D eigenvalue weighted by Gasteiger charge is -2.15. The van der Waals surface area contributed by atoms with Crippen molar-refractivity contribution in [2.45, 2.75) is 0 Å². The second-order valence-electron chi connectivity index (χ2n) is 4.13. The SMILES string of the molecule is CN(C)CCNC(=S)NNC(=S)Nc1ccccc1. The topological polar surface area (TPSA) is 51.4 Å². The van der Waals surface area contributed by atoms with E-state index in [2.05, 4.69) is 26.4 Å². The van der Waals surface area contributed by atoms with E-state index >= 15 is 0 Å². The van der Waals surface area contributed by atoms with Gasteiger partial charge < -0.3 is 15.5 Å². The lowest BCUT2D eigenvalue weighted by atomic mass is 10.3. The standard InChI is InChI=1S/C12H19N5S2/c1-17(2)9-8-13-11(18)15-16-12(19)14-10-6-4-3-5-7-10/h3-7H,8-9H2,1-2H3,(H2,13,15,18)(H2,14,16,19). The van der Waals surface area contributed by atoms with Gasteiger partial charge in [0.2, 0.25) is 0 Å². The highest BCUT2D eigenvalue weighted by Gasteiger charge is 1.98. The average Bonchev–Trinajstić information content (AvgIpc) is 2.37. The van der Waals surface area contributed by atoms with Crippen molar-refractivity contribution < 1.29 is 0 Å². The van der Waals surface area contributed by atoms with E-state index in [1.165, 1.54) is 0 Å². The molecular formula is C12H19N5S2. The second kappa shape index (κ2) is 8.63. The smallest absolute Gasteiger partial charge is 0.189 e. The summed E-state index contributed by atoms with van der Waals surface area (Å²) in [6, 6.07) is 9.69. The molecule has 1 aromatic carbocycles. The molecule has 0 spiro atoms. The zero-order chi connectivity index (χ0) is 14.1. The number of para-hydroxylation sites is 1. The normalized spacial score (nSPS) is 9.84. The van der Waals surface area contributed by atoms with Crippen LogP contribution in [0.3, 0.4) is 0 Å². The van der Waals surface area contributed by atoms with Crippen LogP contribution in [0.5, 0.6) is 0 Å². The second-order valence-corrected chi connectivity index (χ2v) is 4.95. The molecule has 0 heterocycles. The Morgan fingerprint density at radius 3 is 2.32 bits per heavy atom. The molecule has 0 bridgehead atoms. The number of likely N-dealkylation sites (N-methyl/N-ethyl adjacent to an activating group) is 1. The Labute approximate surface area is 124 Å². The minimum Gasteiger partial charge on any atom is -0.360 e. The number of rotatable bonds is 4. The molecule has 1 rings (SSSR count). The maximum absolute atomic E-state index is 5.13. The highest BCUT2D eigenvalue weighted by atomic mass is 32.1. The Morgan fingerprint density at radius 1 is 1.05 bits per heavy atom. The first-order chi connectivity index (χ1) is 9.08. The van der Waals surface area contributed by atoms with Gasteiger partial charge in [0.25, 0.3) is 0 Å². The zero-order valence-electron chi connectivity index (χ0n) is 11.1. The van der Waals surface area contributed by atoms with Crippen molar-refractivity contribution >= 4 is 40.3 Å². The summed E-state index contributed by atoms with van der Waals surface area (Å²) in [5.74, 6) is 0. The number of hydrazine groups is 1. The van der Waals surface area contributed by atoms with E-state index in [0.717, 1.165) is 18.8 Å². The molecule has 0 aliphatic rings. The van der Waals surface area contributed by atoms with Crippen LogP contribution in [0.4, 0.5) is 5.69 Å². The number of anilines is 1. The molecule has 0 unspecified atom stereocenters. The van der Waals surface area contributed by atoms with Gasteiger partial charge in [-0.25, -0.2) is 0 Å². The molecule has 0 aromatic heterocycles. The van der Waals surface area contributed by atoms with Crippen molar-refractivity contribution in [3.05, 3.63) is 30.3 Å². The molecular weight excluding hydrogens is 278 g/mol. The van der Waals surface area contributed by atoms with E-state index in [1.54, 1.807) is 0 Å². The van der Waals surface area contributed by atoms with Crippen molar-refractivity contribution in [1.82, 2.24) is 21.1 Å². The lowest BCUT2D eigenvalue weighted by Crippen LogP contribution is -2.49. The van der Waals surface area contributed by atoms with E-state index in [4.69, 9.17) is 24.4 Å². The van der Waals surface area contributed by atoms with E-state index in [1.807, 2.05) is 44.4 Å². The van der Waals surface area contributed by atoms with E-state index < -0.39 is 0 Å². The molecule has 1 aromatic rings. The van der Waals surface area contributed by atoms with Gasteiger partial charge >= 0.3 is 0 Å². The van der Waals surface area contributed by atoms with Gasteiger partial charge in [0.05, 0.1) is 0 Å². The fourth-order valence-corrected chi connectivity index (χ4v) is 1.56. The highest BCUT2D eigenvalue weighted by molar-refractivity contribution is 7.80. The van der Waals surface area contributed by atoms with Crippen LogP contribution < -0.4 is 21.5 Å². The van der Waals surface area contributed by atoms with Gasteiger partial charge in [-0.3, -0.25) is 10.9 Å². The molecule has 7 heteroatoms. The molecule has 0 amide bonds. The van der Waals surface area contributed by atoms with Crippen LogP contribution in [0.25, 0.3) is 0 Å². The van der Waals surface area contributed by atoms with Crippen LogP contribution in [-0.2, 0) is 0 Å². The first kappa shape index (κ1) is 15.6. The molecule has 0 atom stereocenters. The predicted octanol–water partition coefficient (Wildman–Crippen LogP) is 0.914. The lowest BCUT2D eigenvalue weighted by molar-refractivity contribution is 0.412. The molecule has 19 heavy (non-hydrogen) atoms. The Bertz CT molecular complexity index is 408. The molecule has 0 aliphatic heterocycles. The summed E-state index contributed by atoms with van der Waals surface area (Å²) < 4.78 is 0. The van der Waals surface area contributed by atoms with Crippen LogP contribution in [-0.4, -0.2) is 42.3 Å². The monoisotopic (exact) mass is 297 g/mol. The molecule has 0 aliphatic carbocycles. The van der Waals surface area contributed by atoms with Gasteiger partial charge in [0.1, 0.15) is 0 Å². The zero-order valence-corrected chi connectivity index (χ0v) is 12.7. The molecule has 104 valence electrons. The first-order valence-corrected chi connectivity index (χ1v) is 6.70. The van der Waals surface area contributed by atoms with E-state index in [9.17, 15) is 0 Å². The third-order valence-corrected chi connectivity index (χ3v) is 2.62. The van der Waals surface area contributed by atoms with E-state index in [-0.39, 0.29) is 0 Å². The van der Waals surface area contributed by atoms with Crippen molar-refractivity contribution in [3.63, 3.8) is 0 Å². The fraction of sp³-hybridized carbons (Fsp3) is 0.333. The summed E-state index contributed by atoms with van der Waals surface area (Å²) in [6.45, 7) is 1.69. The van der Waals surface area contributed by atoms with Crippen molar-refractivity contribution in [1.29, 1.82) is 0 Å². The summed E-state index contributed by atoms with van der Waals surface area (Å²) in [4.78, 5) is 2.07. The molecule has 0 saturated heterocycles. The van der Waals surface area contributed by atoms with Crippen molar-refractivity contribution in [2.24, 2.45) is 0 Å². The van der Waals surface area contributed by atoms with Crippen LogP contribution in [0, 0.1) is 0 Å². The molecule has 0 saturated carbocycles. The summed E-state index contributed by atoms with van der Waals surface area (Å²) in [5, 5.41) is 7.07. The van der Waals surface area contributed by atoms with Crippen LogP contribution >= 0.6 is 24.4 Å². The van der Waals surface area contributed by atoms with Gasteiger partial charge in [-0.2, -0.15) is 0 Å². The third kappa shape index (κ3) is 7.55. The first-order valence-electron chi connectivity index (χ1n) is 5.88. The number of benzene rings is 1. The van der Waals surface area contributed by atoms with Crippen LogP contribution in [0.1, 0.15) is 0 Å². The Kier molecular flexibility index (Phi) is 7.09. The average molecular weight is 297 g/mol. The number of nitrogens with one attached hydrogen (secondary N) is 4. The maximum atomic E-state index is 5.13. The summed E-state index contributed by atoms with van der Waals surface area (Å²) >= 11 is 10.2. The maximum Gasteiger partial charge on any atom is 0.189 e. The molecule has 0 radical (unpaired) electrons. The fourth-order valence-electron chi connectivity index (χ4n) is 1.23. The van der Waals surface area contributed by atoms with Gasteiger partial charge in [0.15, 0.2) is 10.2 Å². The Hall–Kier alpha value is -1.44. The van der Waals surface area contributed by atoms with Gasteiger partial charge in [-0.15, -0.1) is 0 Å². The number of hydrogen-bond donors (Lipinski definition) is 4. The van der Waals surface area contributed by atoms with Crippen molar-refractivity contribution in [3.8, 4) is 0 Å². The van der Waals surface area contributed by atoms with Crippen molar-refractivity contribution in [2.75, 3.05) is 32.5 Å². The third-order valence-electron chi connectivity index (χ3n) is 2.17. The number of hydrogen-bond acceptors (Lipinski definition) is 3. The Morgan fingerprint density at radius 2 is 1.68 bits per heavy atom. The van der Waals surface area contributed by atoms with Crippen LogP contribution in [0.2, 0.25) is 0 Å². The quantitative estimate of drug-likeness (QED) is 0.487. The predicted molar refractivity (Wildman–Crippen MR) is 88.1 cm³/mol. The van der Waals surface area contributed by atoms with Crippen LogP contribution in [0.15, 0.2) is 30.3 Å². The van der Waals surface area contributed by atoms with Gasteiger partial charge in [-0.1, -0.05) is 18.2 Å². The Balaban J connectivity index is 2.18. The van der Waals surface area contributed by atoms with E-state index in [0.29, 0.717) is 10.2 Å². The number of thiocarbonyl (C=S) groups is 2. The highest BCUT2D eigenvalue weighted by Crippen LogP contribution is 2.03. The molecule has 5 nitrogen and oxygen atoms in total. The summed E-state index contributed by atoms with van der Waals surface area (Å²) in [6.07, 6.45) is 0. The largest absolute Gasteiger partial charge is 0.360 e. The van der Waals surface area contributed by atoms with Gasteiger partial charge in [0, 0.05) is 18.8 Å².